The Morgan fingerprint density at radius 3 is 2.17 bits per heavy atom. The monoisotopic (exact) mass is 175 g/mol. The van der Waals surface area contributed by atoms with E-state index in [4.69, 9.17) is 0 Å². The lowest BCUT2D eigenvalue weighted by Crippen LogP contribution is -2.46. The van der Waals surface area contributed by atoms with Gasteiger partial charge in [0.1, 0.15) is 0 Å². The molecule has 1 atom stereocenters. The second-order valence-electron chi connectivity index (χ2n) is 4.77. The van der Waals surface area contributed by atoms with Crippen LogP contribution in [0.25, 0.3) is 0 Å². The molecular formula is C9H15F2N. The summed E-state index contributed by atoms with van der Waals surface area (Å²) in [5, 5.41) is 3.18. The Morgan fingerprint density at radius 2 is 1.83 bits per heavy atom. The van der Waals surface area contributed by atoms with Crippen LogP contribution >= 0.6 is 0 Å². The molecule has 1 heterocycles. The Balaban J connectivity index is 2.25. The standard InChI is InChI=1S/C9H15F2N/c1-7(2)6-12-4-3-8(7)5-9(8,10)11/h12H,3-6H2,1-2H3/t8-/m0/s1. The minimum atomic E-state index is -2.39. The van der Waals surface area contributed by atoms with Crippen molar-refractivity contribution in [2.24, 2.45) is 10.8 Å². The molecule has 1 spiro atoms. The molecule has 2 rings (SSSR count). The minimum Gasteiger partial charge on any atom is -0.316 e. The maximum atomic E-state index is 13.1. The molecule has 0 aromatic rings. The Hall–Kier alpha value is -0.180. The fraction of sp³-hybridized carbons (Fsp3) is 1.00. The molecule has 1 aliphatic heterocycles. The van der Waals surface area contributed by atoms with Crippen molar-refractivity contribution in [1.82, 2.24) is 5.32 Å². The molecule has 3 heteroatoms. The van der Waals surface area contributed by atoms with Crippen LogP contribution in [0.1, 0.15) is 26.7 Å². The third-order valence-corrected chi connectivity index (χ3v) is 3.69. The molecule has 1 N–H and O–H groups in total. The van der Waals surface area contributed by atoms with Gasteiger partial charge in [-0.15, -0.1) is 0 Å². The topological polar surface area (TPSA) is 12.0 Å². The lowest BCUT2D eigenvalue weighted by Gasteiger charge is -2.39. The molecule has 0 aromatic heterocycles. The summed E-state index contributed by atoms with van der Waals surface area (Å²) in [6, 6.07) is 0. The van der Waals surface area contributed by atoms with E-state index in [1.807, 2.05) is 13.8 Å². The van der Waals surface area contributed by atoms with Gasteiger partial charge in [0.15, 0.2) is 0 Å². The number of halogens is 2. The third kappa shape index (κ3) is 0.804. The highest BCUT2D eigenvalue weighted by atomic mass is 19.3. The summed E-state index contributed by atoms with van der Waals surface area (Å²) in [4.78, 5) is 0. The zero-order valence-corrected chi connectivity index (χ0v) is 7.58. The van der Waals surface area contributed by atoms with E-state index in [2.05, 4.69) is 5.32 Å². The molecule has 12 heavy (non-hydrogen) atoms. The van der Waals surface area contributed by atoms with Gasteiger partial charge in [0.05, 0.1) is 0 Å². The quantitative estimate of drug-likeness (QED) is 0.594. The van der Waals surface area contributed by atoms with Gasteiger partial charge in [-0.3, -0.25) is 0 Å². The van der Waals surface area contributed by atoms with E-state index >= 15 is 0 Å². The molecule has 0 bridgehead atoms. The molecule has 1 nitrogen and oxygen atoms in total. The van der Waals surface area contributed by atoms with Crippen molar-refractivity contribution >= 4 is 0 Å². The van der Waals surface area contributed by atoms with Gasteiger partial charge in [0, 0.05) is 18.4 Å². The molecule has 0 radical (unpaired) electrons. The van der Waals surface area contributed by atoms with Crippen molar-refractivity contribution in [1.29, 1.82) is 0 Å². The van der Waals surface area contributed by atoms with E-state index in [9.17, 15) is 8.78 Å². The van der Waals surface area contributed by atoms with Crippen molar-refractivity contribution in [3.05, 3.63) is 0 Å². The van der Waals surface area contributed by atoms with Crippen LogP contribution in [0.3, 0.4) is 0 Å². The second kappa shape index (κ2) is 2.00. The molecule has 1 saturated carbocycles. The van der Waals surface area contributed by atoms with E-state index < -0.39 is 11.3 Å². The number of rotatable bonds is 0. The van der Waals surface area contributed by atoms with Crippen LogP contribution in [0.2, 0.25) is 0 Å². The summed E-state index contributed by atoms with van der Waals surface area (Å²) in [7, 11) is 0. The number of hydrogen-bond acceptors (Lipinski definition) is 1. The molecular weight excluding hydrogens is 160 g/mol. The maximum Gasteiger partial charge on any atom is 0.255 e. The molecule has 70 valence electrons. The van der Waals surface area contributed by atoms with Gasteiger partial charge in [-0.25, -0.2) is 8.78 Å². The first-order chi connectivity index (χ1) is 5.41. The van der Waals surface area contributed by atoms with Crippen molar-refractivity contribution in [3.63, 3.8) is 0 Å². The van der Waals surface area contributed by atoms with Gasteiger partial charge >= 0.3 is 0 Å². The van der Waals surface area contributed by atoms with E-state index in [-0.39, 0.29) is 11.8 Å². The van der Waals surface area contributed by atoms with Gasteiger partial charge in [-0.2, -0.15) is 0 Å². The number of alkyl halides is 2. The van der Waals surface area contributed by atoms with Crippen LogP contribution in [0, 0.1) is 10.8 Å². The van der Waals surface area contributed by atoms with Crippen molar-refractivity contribution in [2.75, 3.05) is 13.1 Å². The summed E-state index contributed by atoms with van der Waals surface area (Å²) in [6.07, 6.45) is 0.738. The fourth-order valence-corrected chi connectivity index (χ4v) is 2.55. The molecule has 2 aliphatic rings. The Labute approximate surface area is 71.5 Å². The summed E-state index contributed by atoms with van der Waals surface area (Å²) in [5.74, 6) is -2.39. The zero-order chi connectivity index (χ0) is 9.04. The predicted molar refractivity (Wildman–Crippen MR) is 43.3 cm³/mol. The number of hydrogen-bond donors (Lipinski definition) is 1. The highest BCUT2D eigenvalue weighted by Gasteiger charge is 2.76. The largest absolute Gasteiger partial charge is 0.316 e. The summed E-state index contributed by atoms with van der Waals surface area (Å²) in [6.45, 7) is 5.36. The van der Waals surface area contributed by atoms with Crippen LogP contribution in [-0.2, 0) is 0 Å². The summed E-state index contributed by atoms with van der Waals surface area (Å²) in [5.41, 5.74) is -0.917. The van der Waals surface area contributed by atoms with Crippen molar-refractivity contribution in [2.45, 2.75) is 32.6 Å². The zero-order valence-electron chi connectivity index (χ0n) is 7.58. The molecule has 0 aromatic carbocycles. The average molecular weight is 175 g/mol. The molecule has 0 amide bonds. The Bertz CT molecular complexity index is 213. The minimum absolute atomic E-state index is 0.106. The third-order valence-electron chi connectivity index (χ3n) is 3.69. The Kier molecular flexibility index (Phi) is 1.41. The first kappa shape index (κ1) is 8.42. The van der Waals surface area contributed by atoms with Gasteiger partial charge in [0.2, 0.25) is 0 Å². The van der Waals surface area contributed by atoms with E-state index in [1.165, 1.54) is 0 Å². The smallest absolute Gasteiger partial charge is 0.255 e. The predicted octanol–water partition coefficient (Wildman–Crippen LogP) is 2.03. The van der Waals surface area contributed by atoms with E-state index in [0.29, 0.717) is 6.42 Å². The molecule has 1 aliphatic carbocycles. The van der Waals surface area contributed by atoms with Gasteiger partial charge in [0.25, 0.3) is 5.92 Å². The van der Waals surface area contributed by atoms with E-state index in [1.54, 1.807) is 0 Å². The normalized spacial score (nSPS) is 43.0. The highest BCUT2D eigenvalue weighted by Crippen LogP contribution is 2.71. The SMILES string of the molecule is CC1(C)CNCC[C@]12CC2(F)F. The van der Waals surface area contributed by atoms with Gasteiger partial charge in [-0.1, -0.05) is 13.8 Å². The first-order valence-corrected chi connectivity index (χ1v) is 4.50. The van der Waals surface area contributed by atoms with Crippen LogP contribution in [-0.4, -0.2) is 19.0 Å². The van der Waals surface area contributed by atoms with Crippen LogP contribution in [0.5, 0.6) is 0 Å². The molecule has 2 fully saturated rings. The molecule has 0 unspecified atom stereocenters. The fourth-order valence-electron chi connectivity index (χ4n) is 2.55. The maximum absolute atomic E-state index is 13.1. The van der Waals surface area contributed by atoms with Crippen LogP contribution in [0.15, 0.2) is 0 Å². The Morgan fingerprint density at radius 1 is 1.25 bits per heavy atom. The van der Waals surface area contributed by atoms with Crippen molar-refractivity contribution < 1.29 is 8.78 Å². The molecule has 1 saturated heterocycles. The first-order valence-electron chi connectivity index (χ1n) is 4.50. The van der Waals surface area contributed by atoms with Gasteiger partial charge in [-0.05, 0) is 18.4 Å². The van der Waals surface area contributed by atoms with Crippen LogP contribution in [0.4, 0.5) is 8.78 Å². The lowest BCUT2D eigenvalue weighted by atomic mass is 9.71. The number of nitrogens with one attached hydrogen (secondary N) is 1. The van der Waals surface area contributed by atoms with Crippen LogP contribution < -0.4 is 5.32 Å². The number of piperidine rings is 1. The van der Waals surface area contributed by atoms with Crippen molar-refractivity contribution in [3.8, 4) is 0 Å². The van der Waals surface area contributed by atoms with Gasteiger partial charge < -0.3 is 5.32 Å². The van der Waals surface area contributed by atoms with E-state index in [0.717, 1.165) is 13.1 Å². The summed E-state index contributed by atoms with van der Waals surface area (Å²) >= 11 is 0. The lowest BCUT2D eigenvalue weighted by molar-refractivity contribution is -0.00988. The second-order valence-corrected chi connectivity index (χ2v) is 4.77. The average Bonchev–Trinajstić information content (AvgIpc) is 2.46. The summed E-state index contributed by atoms with van der Waals surface area (Å²) < 4.78 is 26.3. The highest BCUT2D eigenvalue weighted by molar-refractivity contribution is 5.18.